The third-order valence-corrected chi connectivity index (χ3v) is 7.89. The second kappa shape index (κ2) is 10.1. The summed E-state index contributed by atoms with van der Waals surface area (Å²) in [7, 11) is 0. The van der Waals surface area contributed by atoms with Crippen LogP contribution in [0.3, 0.4) is 0 Å². The van der Waals surface area contributed by atoms with Crippen molar-refractivity contribution in [3.8, 4) is 0 Å². The number of carbonyl (C=O) groups excluding carboxylic acids is 3. The van der Waals surface area contributed by atoms with E-state index in [0.29, 0.717) is 21.3 Å². The zero-order valence-corrected chi connectivity index (χ0v) is 21.5. The Balaban J connectivity index is 1.41. The molecular formula is C28H27Cl2N3O3. The zero-order valence-electron chi connectivity index (χ0n) is 20.0. The molecule has 3 aromatic carbocycles. The van der Waals surface area contributed by atoms with Gasteiger partial charge in [-0.05, 0) is 55.0 Å². The predicted octanol–water partition coefficient (Wildman–Crippen LogP) is 5.58. The lowest BCUT2D eigenvalue weighted by molar-refractivity contribution is -0.139. The number of benzene rings is 3. The molecule has 36 heavy (non-hydrogen) atoms. The highest BCUT2D eigenvalue weighted by atomic mass is 35.5. The third kappa shape index (κ3) is 4.67. The molecule has 0 saturated heterocycles. The Hall–Kier alpha value is -3.09. The van der Waals surface area contributed by atoms with Crippen molar-refractivity contribution in [1.82, 2.24) is 10.2 Å². The third-order valence-electron chi connectivity index (χ3n) is 7.15. The molecule has 1 heterocycles. The molecule has 2 aliphatic rings. The lowest BCUT2D eigenvalue weighted by atomic mass is 10.1. The molecule has 0 spiro atoms. The van der Waals surface area contributed by atoms with E-state index in [2.05, 4.69) is 5.32 Å². The average molecular weight is 524 g/mol. The first-order valence-electron chi connectivity index (χ1n) is 12.2. The molecule has 1 N–H and O–H groups in total. The monoisotopic (exact) mass is 523 g/mol. The first-order valence-corrected chi connectivity index (χ1v) is 13.0. The van der Waals surface area contributed by atoms with Crippen LogP contribution in [-0.4, -0.2) is 41.2 Å². The van der Waals surface area contributed by atoms with Gasteiger partial charge in [0.1, 0.15) is 12.6 Å². The minimum Gasteiger partial charge on any atom is -0.352 e. The van der Waals surface area contributed by atoms with Gasteiger partial charge in [0.05, 0.1) is 15.7 Å². The normalized spacial score (nSPS) is 16.0. The van der Waals surface area contributed by atoms with Gasteiger partial charge in [0, 0.05) is 23.5 Å². The predicted molar refractivity (Wildman–Crippen MR) is 142 cm³/mol. The maximum Gasteiger partial charge on any atom is 0.259 e. The summed E-state index contributed by atoms with van der Waals surface area (Å²) < 4.78 is 0. The Labute approximate surface area is 220 Å². The molecule has 0 aromatic heterocycles. The molecule has 0 radical (unpaired) electrons. The Kier molecular flexibility index (Phi) is 6.91. The van der Waals surface area contributed by atoms with Crippen LogP contribution in [0.2, 0.25) is 10.0 Å². The zero-order chi connectivity index (χ0) is 25.4. The summed E-state index contributed by atoms with van der Waals surface area (Å²) in [6, 6.07) is 15.8. The van der Waals surface area contributed by atoms with E-state index in [1.54, 1.807) is 31.2 Å². The molecule has 1 atom stereocenters. The summed E-state index contributed by atoms with van der Waals surface area (Å²) in [6.45, 7) is 1.71. The highest BCUT2D eigenvalue weighted by molar-refractivity contribution is 6.42. The summed E-state index contributed by atoms with van der Waals surface area (Å²) in [5.74, 6) is -0.741. The Morgan fingerprint density at radius 3 is 2.50 bits per heavy atom. The van der Waals surface area contributed by atoms with Crippen molar-refractivity contribution in [2.45, 2.75) is 51.2 Å². The van der Waals surface area contributed by atoms with E-state index in [1.165, 1.54) is 9.80 Å². The SMILES string of the molecule is CC(C(=O)NC1CCCC1)N(Cc1ccc(Cl)c(Cl)c1)C(=O)CN1C(=O)c2cccc3cccc1c23. The first-order chi connectivity index (χ1) is 17.3. The topological polar surface area (TPSA) is 69.7 Å². The number of anilines is 1. The van der Waals surface area contributed by atoms with Crippen LogP contribution in [0.25, 0.3) is 10.8 Å². The van der Waals surface area contributed by atoms with Crippen LogP contribution >= 0.6 is 23.2 Å². The number of rotatable bonds is 7. The van der Waals surface area contributed by atoms with Crippen LogP contribution < -0.4 is 10.2 Å². The molecule has 3 aromatic rings. The van der Waals surface area contributed by atoms with Crippen molar-refractivity contribution in [3.05, 3.63) is 75.8 Å². The number of amides is 3. The fourth-order valence-electron chi connectivity index (χ4n) is 5.17. The number of carbonyl (C=O) groups is 3. The maximum absolute atomic E-state index is 13.7. The molecule has 1 saturated carbocycles. The fraction of sp³-hybridized carbons (Fsp3) is 0.321. The van der Waals surface area contributed by atoms with E-state index < -0.39 is 6.04 Å². The maximum atomic E-state index is 13.7. The molecule has 1 unspecified atom stereocenters. The molecule has 0 bridgehead atoms. The fourth-order valence-corrected chi connectivity index (χ4v) is 5.49. The van der Waals surface area contributed by atoms with E-state index in [4.69, 9.17) is 23.2 Å². The van der Waals surface area contributed by atoms with E-state index in [9.17, 15) is 14.4 Å². The molecule has 1 aliphatic carbocycles. The van der Waals surface area contributed by atoms with Crippen molar-refractivity contribution in [1.29, 1.82) is 0 Å². The largest absolute Gasteiger partial charge is 0.352 e. The van der Waals surface area contributed by atoms with E-state index >= 15 is 0 Å². The van der Waals surface area contributed by atoms with Gasteiger partial charge in [-0.25, -0.2) is 0 Å². The molecule has 8 heteroatoms. The standard InChI is InChI=1S/C28H27Cl2N3O3/c1-17(27(35)31-20-8-2-3-9-20)32(15-18-12-13-22(29)23(30)14-18)25(34)16-33-24-11-5-7-19-6-4-10-21(26(19)24)28(33)36/h4-7,10-14,17,20H,2-3,8-9,15-16H2,1H3,(H,31,35). The van der Waals surface area contributed by atoms with Gasteiger partial charge >= 0.3 is 0 Å². The van der Waals surface area contributed by atoms with E-state index in [-0.39, 0.29) is 36.9 Å². The quantitative estimate of drug-likeness (QED) is 0.439. The van der Waals surface area contributed by atoms with E-state index in [1.807, 2.05) is 30.3 Å². The van der Waals surface area contributed by atoms with Gasteiger partial charge in [-0.1, -0.05) is 66.4 Å². The van der Waals surface area contributed by atoms with Crippen molar-refractivity contribution < 1.29 is 14.4 Å². The molecule has 186 valence electrons. The molecule has 1 fully saturated rings. The van der Waals surface area contributed by atoms with Crippen molar-refractivity contribution in [2.24, 2.45) is 0 Å². The van der Waals surface area contributed by atoms with Gasteiger partial charge in [-0.2, -0.15) is 0 Å². The van der Waals surface area contributed by atoms with Crippen LogP contribution in [-0.2, 0) is 16.1 Å². The minimum absolute atomic E-state index is 0.133. The molecular weight excluding hydrogens is 497 g/mol. The van der Waals surface area contributed by atoms with Gasteiger partial charge in [0.25, 0.3) is 5.91 Å². The number of hydrogen-bond acceptors (Lipinski definition) is 3. The highest BCUT2D eigenvalue weighted by Crippen LogP contribution is 2.37. The van der Waals surface area contributed by atoms with Crippen LogP contribution in [0.1, 0.15) is 48.5 Å². The Bertz CT molecular complexity index is 1350. The summed E-state index contributed by atoms with van der Waals surface area (Å²) in [5, 5.41) is 5.68. The summed E-state index contributed by atoms with van der Waals surface area (Å²) in [4.78, 5) is 43.2. The van der Waals surface area contributed by atoms with E-state index in [0.717, 1.165) is 42.0 Å². The number of halogens is 2. The highest BCUT2D eigenvalue weighted by Gasteiger charge is 2.34. The van der Waals surface area contributed by atoms with Crippen molar-refractivity contribution in [2.75, 3.05) is 11.4 Å². The van der Waals surface area contributed by atoms with Crippen molar-refractivity contribution >= 4 is 57.4 Å². The Morgan fingerprint density at radius 2 is 1.78 bits per heavy atom. The first kappa shape index (κ1) is 24.6. The van der Waals surface area contributed by atoms with Crippen LogP contribution in [0.4, 0.5) is 5.69 Å². The van der Waals surface area contributed by atoms with Crippen LogP contribution in [0.15, 0.2) is 54.6 Å². The second-order valence-electron chi connectivity index (χ2n) is 9.51. The van der Waals surface area contributed by atoms with Gasteiger partial charge in [-0.15, -0.1) is 0 Å². The molecule has 3 amide bonds. The van der Waals surface area contributed by atoms with Gasteiger partial charge in [0.2, 0.25) is 11.8 Å². The summed E-state index contributed by atoms with van der Waals surface area (Å²) >= 11 is 12.3. The molecule has 1 aliphatic heterocycles. The van der Waals surface area contributed by atoms with Crippen molar-refractivity contribution in [3.63, 3.8) is 0 Å². The molecule has 6 nitrogen and oxygen atoms in total. The summed E-state index contributed by atoms with van der Waals surface area (Å²) in [6.07, 6.45) is 4.08. The van der Waals surface area contributed by atoms with Gasteiger partial charge < -0.3 is 10.2 Å². The summed E-state index contributed by atoms with van der Waals surface area (Å²) in [5.41, 5.74) is 2.04. The number of hydrogen-bond donors (Lipinski definition) is 1. The second-order valence-corrected chi connectivity index (χ2v) is 10.3. The minimum atomic E-state index is -0.733. The van der Waals surface area contributed by atoms with Gasteiger partial charge in [0.15, 0.2) is 0 Å². The average Bonchev–Trinajstić information content (AvgIpc) is 3.48. The molecule has 5 rings (SSSR count). The lowest BCUT2D eigenvalue weighted by Gasteiger charge is -2.31. The van der Waals surface area contributed by atoms with Crippen LogP contribution in [0.5, 0.6) is 0 Å². The lowest BCUT2D eigenvalue weighted by Crippen LogP contribution is -2.52. The Morgan fingerprint density at radius 1 is 1.06 bits per heavy atom. The smallest absolute Gasteiger partial charge is 0.259 e. The van der Waals surface area contributed by atoms with Gasteiger partial charge in [-0.3, -0.25) is 19.3 Å². The number of nitrogens with zero attached hydrogens (tertiary/aromatic N) is 2. The number of nitrogens with one attached hydrogen (secondary N) is 1. The van der Waals surface area contributed by atoms with Crippen LogP contribution in [0, 0.1) is 0 Å².